The maximum atomic E-state index is 10.7. The van der Waals surface area contributed by atoms with Gasteiger partial charge in [0.05, 0.1) is 5.75 Å². The van der Waals surface area contributed by atoms with Crippen LogP contribution in [0.4, 0.5) is 0 Å². The van der Waals surface area contributed by atoms with Crippen LogP contribution in [-0.4, -0.2) is 47.7 Å². The van der Waals surface area contributed by atoms with E-state index in [1.54, 1.807) is 6.20 Å². The third-order valence-corrected chi connectivity index (χ3v) is 4.43. The Balaban J connectivity index is 0.00000200. The second kappa shape index (κ2) is 7.12. The van der Waals surface area contributed by atoms with Gasteiger partial charge in [-0.2, -0.15) is 8.42 Å². The van der Waals surface area contributed by atoms with Gasteiger partial charge in [-0.1, -0.05) is 6.07 Å². The maximum absolute atomic E-state index is 10.7. The Kier molecular flexibility index (Phi) is 6.07. The molecule has 1 saturated heterocycles. The van der Waals surface area contributed by atoms with Crippen molar-refractivity contribution in [1.82, 2.24) is 9.88 Å². The lowest BCUT2D eigenvalue weighted by Crippen LogP contribution is -2.19. The molecule has 0 aliphatic carbocycles. The van der Waals surface area contributed by atoms with Crippen LogP contribution < -0.4 is 0 Å². The van der Waals surface area contributed by atoms with Gasteiger partial charge in [0.1, 0.15) is 0 Å². The van der Waals surface area contributed by atoms with Crippen molar-refractivity contribution in [2.75, 3.05) is 19.3 Å². The van der Waals surface area contributed by atoms with Crippen molar-refractivity contribution in [3.63, 3.8) is 0 Å². The zero-order valence-electron chi connectivity index (χ0n) is 11.6. The number of nitrogens with zero attached hydrogens (tertiary/aromatic N) is 2. The first-order chi connectivity index (χ1) is 8.97. The van der Waals surface area contributed by atoms with Gasteiger partial charge in [-0.25, -0.2) is 0 Å². The number of aryl methyl sites for hydroxylation is 1. The topological polar surface area (TPSA) is 102 Å². The summed E-state index contributed by atoms with van der Waals surface area (Å²) in [5.74, 6) is -0.205. The molecule has 0 radical (unpaired) electrons. The van der Waals surface area contributed by atoms with Gasteiger partial charge in [0, 0.05) is 17.9 Å². The van der Waals surface area contributed by atoms with Crippen LogP contribution in [0.15, 0.2) is 18.3 Å². The third kappa shape index (κ3) is 4.52. The van der Waals surface area contributed by atoms with Gasteiger partial charge in [-0.15, -0.1) is 0 Å². The smallest absolute Gasteiger partial charge is 0.264 e. The fourth-order valence-corrected chi connectivity index (χ4v) is 3.20. The molecule has 1 fully saturated rings. The molecule has 0 bridgehead atoms. The largest absolute Gasteiger partial charge is 0.412 e. The van der Waals surface area contributed by atoms with E-state index in [2.05, 4.69) is 23.0 Å². The highest BCUT2D eigenvalue weighted by Crippen LogP contribution is 2.31. The van der Waals surface area contributed by atoms with Gasteiger partial charge < -0.3 is 5.48 Å². The van der Waals surface area contributed by atoms with Crippen molar-refractivity contribution >= 4 is 10.1 Å². The zero-order chi connectivity index (χ0) is 13.9. The standard InChI is InChI=1S/C13H20N2O3S.H2O/c1-15-9-3-7-13(15)11-5-2-8-14-12(11)6-4-10-19(16,17)18;/h2,5,8,13H,3-4,6-7,9-10H2,1H3,(H,16,17,18);1H2/t13-;/m0./s1. The highest BCUT2D eigenvalue weighted by atomic mass is 32.2. The Morgan fingerprint density at radius 3 is 2.85 bits per heavy atom. The molecule has 1 aliphatic rings. The van der Waals surface area contributed by atoms with Crippen molar-refractivity contribution in [2.45, 2.75) is 31.7 Å². The summed E-state index contributed by atoms with van der Waals surface area (Å²) in [6.07, 6.45) is 5.02. The maximum Gasteiger partial charge on any atom is 0.264 e. The van der Waals surface area contributed by atoms with Crippen LogP contribution in [0.3, 0.4) is 0 Å². The second-order valence-electron chi connectivity index (χ2n) is 5.07. The molecule has 7 heteroatoms. The molecular formula is C13H22N2O4S. The van der Waals surface area contributed by atoms with E-state index in [0.29, 0.717) is 18.9 Å². The molecule has 6 nitrogen and oxygen atoms in total. The Morgan fingerprint density at radius 2 is 2.25 bits per heavy atom. The number of aromatic nitrogens is 1. The van der Waals surface area contributed by atoms with Crippen LogP contribution in [0, 0.1) is 0 Å². The molecule has 114 valence electrons. The Morgan fingerprint density at radius 1 is 1.50 bits per heavy atom. The highest BCUT2D eigenvalue weighted by molar-refractivity contribution is 7.85. The lowest BCUT2D eigenvalue weighted by molar-refractivity contribution is 0.315. The zero-order valence-corrected chi connectivity index (χ0v) is 12.4. The van der Waals surface area contributed by atoms with E-state index in [1.807, 2.05) is 6.07 Å². The van der Waals surface area contributed by atoms with Crippen LogP contribution in [0.5, 0.6) is 0 Å². The fraction of sp³-hybridized carbons (Fsp3) is 0.615. The van der Waals surface area contributed by atoms with E-state index in [1.165, 1.54) is 12.0 Å². The molecule has 0 saturated carbocycles. The minimum Gasteiger partial charge on any atom is -0.412 e. The molecule has 2 rings (SSSR count). The lowest BCUT2D eigenvalue weighted by atomic mass is 10.0. The molecule has 0 aromatic carbocycles. The predicted molar refractivity (Wildman–Crippen MR) is 77.2 cm³/mol. The van der Waals surface area contributed by atoms with Crippen LogP contribution in [-0.2, 0) is 16.5 Å². The van der Waals surface area contributed by atoms with Crippen molar-refractivity contribution in [3.8, 4) is 0 Å². The molecule has 1 atom stereocenters. The van der Waals surface area contributed by atoms with Crippen LogP contribution >= 0.6 is 0 Å². The van der Waals surface area contributed by atoms with Gasteiger partial charge in [0.2, 0.25) is 0 Å². The molecule has 0 unspecified atom stereocenters. The van der Waals surface area contributed by atoms with Gasteiger partial charge in [-0.3, -0.25) is 14.4 Å². The summed E-state index contributed by atoms with van der Waals surface area (Å²) in [6.45, 7) is 1.09. The van der Waals surface area contributed by atoms with Gasteiger partial charge in [-0.05, 0) is 50.9 Å². The quantitative estimate of drug-likeness (QED) is 0.812. The Bertz CT molecular complexity index is 533. The monoisotopic (exact) mass is 302 g/mol. The van der Waals surface area contributed by atoms with Gasteiger partial charge in [0.25, 0.3) is 10.1 Å². The van der Waals surface area contributed by atoms with E-state index >= 15 is 0 Å². The molecule has 1 aromatic rings. The van der Waals surface area contributed by atoms with Gasteiger partial charge in [0.15, 0.2) is 0 Å². The first kappa shape index (κ1) is 17.0. The molecule has 0 amide bonds. The van der Waals surface area contributed by atoms with Crippen molar-refractivity contribution in [3.05, 3.63) is 29.6 Å². The van der Waals surface area contributed by atoms with Crippen molar-refractivity contribution in [1.29, 1.82) is 0 Å². The summed E-state index contributed by atoms with van der Waals surface area (Å²) >= 11 is 0. The first-order valence-corrected chi connectivity index (χ1v) is 8.17. The normalized spacial score (nSPS) is 19.8. The average Bonchev–Trinajstić information content (AvgIpc) is 2.74. The van der Waals surface area contributed by atoms with Crippen molar-refractivity contribution < 1.29 is 18.4 Å². The molecule has 20 heavy (non-hydrogen) atoms. The molecule has 1 aromatic heterocycles. The predicted octanol–water partition coefficient (Wildman–Crippen LogP) is 0.844. The number of hydrogen-bond donors (Lipinski definition) is 1. The number of pyridine rings is 1. The van der Waals surface area contributed by atoms with E-state index in [4.69, 9.17) is 4.55 Å². The van der Waals surface area contributed by atoms with E-state index in [0.717, 1.165) is 18.7 Å². The summed E-state index contributed by atoms with van der Waals surface area (Å²) < 4.78 is 30.2. The summed E-state index contributed by atoms with van der Waals surface area (Å²) in [5, 5.41) is 0. The summed E-state index contributed by atoms with van der Waals surface area (Å²) in [6, 6.07) is 4.38. The number of likely N-dealkylation sites (tertiary alicyclic amines) is 1. The lowest BCUT2D eigenvalue weighted by Gasteiger charge is -2.21. The molecule has 2 heterocycles. The molecule has 1 aliphatic heterocycles. The van der Waals surface area contributed by atoms with E-state index < -0.39 is 10.1 Å². The second-order valence-corrected chi connectivity index (χ2v) is 6.64. The molecular weight excluding hydrogens is 280 g/mol. The minimum atomic E-state index is -3.88. The fourth-order valence-electron chi connectivity index (χ4n) is 2.69. The van der Waals surface area contributed by atoms with Crippen LogP contribution in [0.25, 0.3) is 0 Å². The van der Waals surface area contributed by atoms with Crippen LogP contribution in [0.1, 0.15) is 36.6 Å². The highest BCUT2D eigenvalue weighted by Gasteiger charge is 2.24. The molecule has 3 N–H and O–H groups in total. The summed E-state index contributed by atoms with van der Waals surface area (Å²) in [4.78, 5) is 6.68. The number of rotatable bonds is 5. The van der Waals surface area contributed by atoms with Gasteiger partial charge >= 0.3 is 0 Å². The van der Waals surface area contributed by atoms with Crippen molar-refractivity contribution in [2.24, 2.45) is 0 Å². The first-order valence-electron chi connectivity index (χ1n) is 6.56. The van der Waals surface area contributed by atoms with E-state index in [-0.39, 0.29) is 11.2 Å². The summed E-state index contributed by atoms with van der Waals surface area (Å²) in [5.41, 5.74) is 2.14. The Hall–Kier alpha value is -1.02. The Labute approximate surface area is 119 Å². The minimum absolute atomic E-state index is 0. The van der Waals surface area contributed by atoms with Crippen LogP contribution in [0.2, 0.25) is 0 Å². The average molecular weight is 302 g/mol. The SMILES string of the molecule is CN1CCC[C@H]1c1cccnc1CCCS(=O)(=O)O.O. The molecule has 0 spiro atoms. The van der Waals surface area contributed by atoms with E-state index in [9.17, 15) is 8.42 Å². The summed E-state index contributed by atoms with van der Waals surface area (Å²) in [7, 11) is -1.77. The number of hydrogen-bond acceptors (Lipinski definition) is 4. The third-order valence-electron chi connectivity index (χ3n) is 3.62.